The molecule has 38 heavy (non-hydrogen) atoms. The summed E-state index contributed by atoms with van der Waals surface area (Å²) in [6.07, 6.45) is 0. The van der Waals surface area contributed by atoms with E-state index < -0.39 is 28.9 Å². The van der Waals surface area contributed by atoms with Crippen molar-refractivity contribution in [2.75, 3.05) is 46.4 Å². The van der Waals surface area contributed by atoms with Crippen molar-refractivity contribution >= 4 is 23.6 Å². The van der Waals surface area contributed by atoms with Gasteiger partial charge in [-0.25, -0.2) is 0 Å². The summed E-state index contributed by atoms with van der Waals surface area (Å²) in [7, 11) is 1.32. The topological polar surface area (TPSA) is 187 Å². The van der Waals surface area contributed by atoms with E-state index in [1.54, 1.807) is 28.0 Å². The molecule has 0 saturated heterocycles. The lowest BCUT2D eigenvalue weighted by molar-refractivity contribution is -0.385. The summed E-state index contributed by atoms with van der Waals surface area (Å²) < 4.78 is 5.32. The Morgan fingerprint density at radius 3 is 1.97 bits per heavy atom. The van der Waals surface area contributed by atoms with E-state index in [-0.39, 0.29) is 69.4 Å². The van der Waals surface area contributed by atoms with Crippen LogP contribution in [0.25, 0.3) is 0 Å². The standard InChI is InChI=1S/C24H29N5O9/c1-38-20-6-5-18(29(36)37)11-19(20)23(24(34)35)28-9-7-26(14-21(30)31)12-16-3-2-4-17(25-16)13-27(8-10-28)15-22(32)33/h2-6,11,23H,7-10,12-15H2,1H3,(H,30,31)(H,32,33)(H,34,35). The van der Waals surface area contributed by atoms with Crippen LogP contribution in [0.3, 0.4) is 0 Å². The molecule has 3 N–H and O–H groups in total. The maximum atomic E-state index is 12.6. The van der Waals surface area contributed by atoms with Crippen molar-refractivity contribution in [1.29, 1.82) is 0 Å². The quantitative estimate of drug-likeness (QED) is 0.306. The highest BCUT2D eigenvalue weighted by Crippen LogP contribution is 2.33. The minimum absolute atomic E-state index is 0.0581. The molecule has 1 unspecified atom stereocenters. The number of benzene rings is 1. The van der Waals surface area contributed by atoms with Crippen LogP contribution < -0.4 is 4.74 Å². The fraction of sp³-hybridized carbons (Fsp3) is 0.417. The molecule has 1 aliphatic heterocycles. The van der Waals surface area contributed by atoms with Gasteiger partial charge < -0.3 is 20.1 Å². The molecular weight excluding hydrogens is 502 g/mol. The van der Waals surface area contributed by atoms with Gasteiger partial charge in [-0.2, -0.15) is 0 Å². The SMILES string of the molecule is COc1ccc([N+](=O)[O-])cc1C(C(=O)O)N1CCN(CC(=O)O)Cc2cccc(n2)CN(CC(=O)O)CC1. The monoisotopic (exact) mass is 531 g/mol. The number of pyridine rings is 1. The Hall–Kier alpha value is -4.14. The maximum Gasteiger partial charge on any atom is 0.325 e. The number of nitro groups is 1. The van der Waals surface area contributed by atoms with E-state index >= 15 is 0 Å². The predicted molar refractivity (Wildman–Crippen MR) is 132 cm³/mol. The number of non-ortho nitro benzene ring substituents is 1. The second kappa shape index (κ2) is 12.9. The highest BCUT2D eigenvalue weighted by molar-refractivity contribution is 5.77. The molecule has 2 bridgehead atoms. The minimum atomic E-state index is -1.39. The molecule has 0 amide bonds. The summed E-state index contributed by atoms with van der Waals surface area (Å²) in [5.41, 5.74) is 0.913. The average molecular weight is 532 g/mol. The van der Waals surface area contributed by atoms with Gasteiger partial charge in [0.25, 0.3) is 5.69 Å². The summed E-state index contributed by atoms with van der Waals surface area (Å²) in [5.74, 6) is -3.29. The molecule has 14 heteroatoms. The first-order chi connectivity index (χ1) is 18.1. The van der Waals surface area contributed by atoms with Gasteiger partial charge in [0.1, 0.15) is 11.8 Å². The summed E-state index contributed by atoms with van der Waals surface area (Å²) in [6, 6.07) is 7.53. The third kappa shape index (κ3) is 7.68. The van der Waals surface area contributed by atoms with Crippen molar-refractivity contribution in [3.63, 3.8) is 0 Å². The van der Waals surface area contributed by atoms with Crippen molar-refractivity contribution in [3.8, 4) is 5.75 Å². The Morgan fingerprint density at radius 1 is 0.974 bits per heavy atom. The number of ether oxygens (including phenoxy) is 1. The fourth-order valence-corrected chi connectivity index (χ4v) is 4.42. The number of carboxylic acid groups (broad SMARTS) is 3. The Bertz CT molecular complexity index is 1150. The normalized spacial score (nSPS) is 16.6. The third-order valence-electron chi connectivity index (χ3n) is 6.08. The number of aromatic nitrogens is 1. The van der Waals surface area contributed by atoms with Crippen LogP contribution in [0.1, 0.15) is 23.0 Å². The smallest absolute Gasteiger partial charge is 0.325 e. The molecule has 0 saturated carbocycles. The van der Waals surface area contributed by atoms with Crippen LogP contribution in [0.2, 0.25) is 0 Å². The molecule has 1 aromatic carbocycles. The molecule has 3 rings (SSSR count). The molecule has 0 spiro atoms. The van der Waals surface area contributed by atoms with Crippen LogP contribution in [0.15, 0.2) is 36.4 Å². The predicted octanol–water partition coefficient (Wildman–Crippen LogP) is 0.913. The number of rotatable bonds is 9. The molecule has 2 heterocycles. The number of aliphatic carboxylic acids is 3. The Kier molecular flexibility index (Phi) is 9.65. The molecule has 204 valence electrons. The molecular formula is C24H29N5O9. The summed E-state index contributed by atoms with van der Waals surface area (Å²) in [4.78, 5) is 55.7. The highest BCUT2D eigenvalue weighted by Gasteiger charge is 2.32. The number of carbonyl (C=O) groups is 3. The molecule has 0 radical (unpaired) electrons. The molecule has 1 atom stereocenters. The average Bonchev–Trinajstić information content (AvgIpc) is 2.83. The van der Waals surface area contributed by atoms with Gasteiger partial charge >= 0.3 is 17.9 Å². The highest BCUT2D eigenvalue weighted by atomic mass is 16.6. The summed E-state index contributed by atoms with van der Waals surface area (Å²) in [6.45, 7) is 0.116. The second-order valence-corrected chi connectivity index (χ2v) is 8.79. The van der Waals surface area contributed by atoms with E-state index in [9.17, 15) is 39.8 Å². The van der Waals surface area contributed by atoms with E-state index in [1.807, 2.05) is 0 Å². The number of nitrogens with zero attached hydrogens (tertiary/aromatic N) is 5. The zero-order chi connectivity index (χ0) is 27.8. The van der Waals surface area contributed by atoms with E-state index in [1.165, 1.54) is 24.1 Å². The summed E-state index contributed by atoms with van der Waals surface area (Å²) >= 11 is 0. The number of nitro benzene ring substituents is 1. The van der Waals surface area contributed by atoms with Crippen molar-refractivity contribution < 1.29 is 39.4 Å². The van der Waals surface area contributed by atoms with E-state index in [0.29, 0.717) is 11.4 Å². The zero-order valence-electron chi connectivity index (χ0n) is 20.7. The van der Waals surface area contributed by atoms with Gasteiger partial charge in [-0.3, -0.25) is 44.2 Å². The molecule has 1 aliphatic rings. The molecule has 0 aliphatic carbocycles. The Labute approximate surface area is 217 Å². The first kappa shape index (κ1) is 28.4. The van der Waals surface area contributed by atoms with Crippen LogP contribution in [-0.4, -0.2) is 104 Å². The first-order valence-electron chi connectivity index (χ1n) is 11.7. The number of methoxy groups -OCH3 is 1. The molecule has 0 fully saturated rings. The van der Waals surface area contributed by atoms with E-state index in [0.717, 1.165) is 6.07 Å². The minimum Gasteiger partial charge on any atom is -0.496 e. The van der Waals surface area contributed by atoms with Crippen LogP contribution in [0.5, 0.6) is 5.75 Å². The molecule has 2 aromatic rings. The lowest BCUT2D eigenvalue weighted by Crippen LogP contribution is -2.45. The summed E-state index contributed by atoms with van der Waals surface area (Å²) in [5, 5.41) is 40.5. The molecule has 14 nitrogen and oxygen atoms in total. The van der Waals surface area contributed by atoms with Crippen LogP contribution >= 0.6 is 0 Å². The lowest BCUT2D eigenvalue weighted by atomic mass is 10.0. The van der Waals surface area contributed by atoms with Gasteiger partial charge in [0.05, 0.1) is 36.5 Å². The number of hydrogen-bond donors (Lipinski definition) is 3. The van der Waals surface area contributed by atoms with Gasteiger partial charge in [0, 0.05) is 57.0 Å². The van der Waals surface area contributed by atoms with Crippen molar-refractivity contribution in [1.82, 2.24) is 19.7 Å². The third-order valence-corrected chi connectivity index (χ3v) is 6.08. The largest absolute Gasteiger partial charge is 0.496 e. The van der Waals surface area contributed by atoms with Crippen LogP contribution in [-0.2, 0) is 27.5 Å². The number of hydrogen-bond acceptors (Lipinski definition) is 10. The van der Waals surface area contributed by atoms with Gasteiger partial charge in [-0.05, 0) is 18.2 Å². The Morgan fingerprint density at radius 2 is 1.53 bits per heavy atom. The van der Waals surface area contributed by atoms with Crippen LogP contribution in [0, 0.1) is 10.1 Å². The van der Waals surface area contributed by atoms with Gasteiger partial charge in [-0.1, -0.05) is 6.07 Å². The van der Waals surface area contributed by atoms with E-state index in [4.69, 9.17) is 4.74 Å². The second-order valence-electron chi connectivity index (χ2n) is 8.79. The van der Waals surface area contributed by atoms with Crippen molar-refractivity contribution in [2.24, 2.45) is 0 Å². The molecule has 1 aromatic heterocycles. The first-order valence-corrected chi connectivity index (χ1v) is 11.7. The van der Waals surface area contributed by atoms with Gasteiger partial charge in [0.2, 0.25) is 0 Å². The maximum absolute atomic E-state index is 12.6. The fourth-order valence-electron chi connectivity index (χ4n) is 4.42. The lowest BCUT2D eigenvalue weighted by Gasteiger charge is -2.34. The van der Waals surface area contributed by atoms with Gasteiger partial charge in [0.15, 0.2) is 0 Å². The van der Waals surface area contributed by atoms with Crippen molar-refractivity contribution in [2.45, 2.75) is 19.1 Å². The number of carboxylic acids is 3. The van der Waals surface area contributed by atoms with Crippen molar-refractivity contribution in [3.05, 3.63) is 63.5 Å². The van der Waals surface area contributed by atoms with Gasteiger partial charge in [-0.15, -0.1) is 0 Å². The van der Waals surface area contributed by atoms with E-state index in [2.05, 4.69) is 4.98 Å². The Balaban J connectivity index is 2.04. The van der Waals surface area contributed by atoms with Crippen LogP contribution in [0.4, 0.5) is 5.69 Å². The number of fused-ring (bicyclic) bond motifs is 2. The zero-order valence-corrected chi connectivity index (χ0v) is 20.7.